The molecule has 138 valence electrons. The van der Waals surface area contributed by atoms with Crippen LogP contribution < -0.4 is 5.32 Å². The van der Waals surface area contributed by atoms with Crippen LogP contribution in [0.4, 0.5) is 0 Å². The standard InChI is InChI=1S/C21H27N3O2/c1-21(2,3)19-8-6-17(7-9-19)16-23-20(25)18(15-22)5-4-10-24-11-13-26-14-12-24/h4-10H,11-14,16H2,1-3H3,(H,23,25). The van der Waals surface area contributed by atoms with E-state index < -0.39 is 0 Å². The van der Waals surface area contributed by atoms with Crippen molar-refractivity contribution in [3.05, 3.63) is 59.3 Å². The third-order valence-corrected chi connectivity index (χ3v) is 4.24. The Morgan fingerprint density at radius 3 is 2.50 bits per heavy atom. The molecule has 1 heterocycles. The van der Waals surface area contributed by atoms with E-state index in [-0.39, 0.29) is 16.9 Å². The number of morpholine rings is 1. The lowest BCUT2D eigenvalue weighted by Gasteiger charge is -2.24. The molecule has 0 bridgehead atoms. The molecule has 0 atom stereocenters. The lowest BCUT2D eigenvalue weighted by atomic mass is 9.87. The maximum atomic E-state index is 12.2. The molecule has 1 saturated heterocycles. The van der Waals surface area contributed by atoms with Gasteiger partial charge in [-0.25, -0.2) is 0 Å². The molecule has 0 radical (unpaired) electrons. The summed E-state index contributed by atoms with van der Waals surface area (Å²) < 4.78 is 5.28. The van der Waals surface area contributed by atoms with Crippen LogP contribution in [0.2, 0.25) is 0 Å². The van der Waals surface area contributed by atoms with Crippen molar-refractivity contribution in [1.82, 2.24) is 10.2 Å². The van der Waals surface area contributed by atoms with Crippen molar-refractivity contribution in [2.75, 3.05) is 26.3 Å². The second-order valence-corrected chi connectivity index (χ2v) is 7.31. The van der Waals surface area contributed by atoms with Crippen LogP contribution in [0.5, 0.6) is 0 Å². The van der Waals surface area contributed by atoms with Gasteiger partial charge in [-0.05, 0) is 34.9 Å². The first-order chi connectivity index (χ1) is 12.4. The molecule has 26 heavy (non-hydrogen) atoms. The van der Waals surface area contributed by atoms with Gasteiger partial charge in [-0.3, -0.25) is 4.79 Å². The van der Waals surface area contributed by atoms with Gasteiger partial charge >= 0.3 is 0 Å². The third-order valence-electron chi connectivity index (χ3n) is 4.24. The molecule has 1 aromatic rings. The van der Waals surface area contributed by atoms with Gasteiger partial charge in [0.1, 0.15) is 11.6 Å². The lowest BCUT2D eigenvalue weighted by molar-refractivity contribution is -0.117. The quantitative estimate of drug-likeness (QED) is 0.502. The van der Waals surface area contributed by atoms with Gasteiger partial charge in [0.05, 0.1) is 13.2 Å². The lowest BCUT2D eigenvalue weighted by Crippen LogP contribution is -2.31. The highest BCUT2D eigenvalue weighted by Crippen LogP contribution is 2.22. The predicted molar refractivity (Wildman–Crippen MR) is 102 cm³/mol. The first-order valence-corrected chi connectivity index (χ1v) is 8.88. The van der Waals surface area contributed by atoms with Crippen LogP contribution in [0.15, 0.2) is 48.2 Å². The number of nitrogens with zero attached hydrogens (tertiary/aromatic N) is 2. The topological polar surface area (TPSA) is 65.4 Å². The van der Waals surface area contributed by atoms with Gasteiger partial charge in [0, 0.05) is 19.6 Å². The van der Waals surface area contributed by atoms with Crippen molar-refractivity contribution in [2.45, 2.75) is 32.7 Å². The molecular formula is C21H27N3O2. The van der Waals surface area contributed by atoms with E-state index >= 15 is 0 Å². The van der Waals surface area contributed by atoms with Crippen molar-refractivity contribution < 1.29 is 9.53 Å². The Balaban J connectivity index is 1.89. The molecule has 5 nitrogen and oxygen atoms in total. The van der Waals surface area contributed by atoms with E-state index in [1.165, 1.54) is 5.56 Å². The monoisotopic (exact) mass is 353 g/mol. The summed E-state index contributed by atoms with van der Waals surface area (Å²) in [6.45, 7) is 9.94. The van der Waals surface area contributed by atoms with Crippen LogP contribution >= 0.6 is 0 Å². The predicted octanol–water partition coefficient (Wildman–Crippen LogP) is 2.90. The fourth-order valence-electron chi connectivity index (χ4n) is 2.55. The molecular weight excluding hydrogens is 326 g/mol. The number of rotatable bonds is 5. The van der Waals surface area contributed by atoms with Crippen molar-refractivity contribution in [3.8, 4) is 6.07 Å². The van der Waals surface area contributed by atoms with Crippen LogP contribution in [0.3, 0.4) is 0 Å². The zero-order valence-electron chi connectivity index (χ0n) is 15.8. The Kier molecular flexibility index (Phi) is 6.99. The summed E-state index contributed by atoms with van der Waals surface area (Å²) in [5, 5.41) is 12.0. The van der Waals surface area contributed by atoms with E-state index in [4.69, 9.17) is 4.74 Å². The minimum Gasteiger partial charge on any atom is -0.378 e. The molecule has 0 saturated carbocycles. The Bertz CT molecular complexity index is 700. The van der Waals surface area contributed by atoms with E-state index in [1.807, 2.05) is 24.4 Å². The minimum atomic E-state index is -0.362. The minimum absolute atomic E-state index is 0.0980. The fourth-order valence-corrected chi connectivity index (χ4v) is 2.55. The number of carbonyl (C=O) groups is 1. The second-order valence-electron chi connectivity index (χ2n) is 7.31. The van der Waals surface area contributed by atoms with Crippen molar-refractivity contribution >= 4 is 5.91 Å². The van der Waals surface area contributed by atoms with E-state index in [2.05, 4.69) is 43.1 Å². The number of carbonyl (C=O) groups excluding carboxylic acids is 1. The summed E-state index contributed by atoms with van der Waals surface area (Å²) >= 11 is 0. The summed E-state index contributed by atoms with van der Waals surface area (Å²) in [6.07, 6.45) is 5.17. The van der Waals surface area contributed by atoms with Crippen molar-refractivity contribution in [1.29, 1.82) is 5.26 Å². The summed E-state index contributed by atoms with van der Waals surface area (Å²) in [7, 11) is 0. The first-order valence-electron chi connectivity index (χ1n) is 8.88. The number of hydrogen-bond donors (Lipinski definition) is 1. The van der Waals surface area contributed by atoms with Gasteiger partial charge in [0.2, 0.25) is 0 Å². The van der Waals surface area contributed by atoms with Crippen LogP contribution in [0, 0.1) is 11.3 Å². The summed E-state index contributed by atoms with van der Waals surface area (Å²) in [6, 6.07) is 10.1. The molecule has 5 heteroatoms. The highest BCUT2D eigenvalue weighted by atomic mass is 16.5. The van der Waals surface area contributed by atoms with Gasteiger partial charge in [-0.2, -0.15) is 5.26 Å². The molecule has 1 amide bonds. The van der Waals surface area contributed by atoms with Gasteiger partial charge < -0.3 is 15.0 Å². The van der Waals surface area contributed by atoms with E-state index in [1.54, 1.807) is 12.2 Å². The summed E-state index contributed by atoms with van der Waals surface area (Å²) in [5.41, 5.74) is 2.46. The first kappa shape index (κ1) is 19.7. The molecule has 0 spiro atoms. The molecule has 1 N–H and O–H groups in total. The van der Waals surface area contributed by atoms with Crippen LogP contribution in [0.1, 0.15) is 31.9 Å². The van der Waals surface area contributed by atoms with Gasteiger partial charge in [-0.15, -0.1) is 0 Å². The normalized spacial score (nSPS) is 15.8. The fraction of sp³-hybridized carbons (Fsp3) is 0.429. The average molecular weight is 353 g/mol. The Morgan fingerprint density at radius 2 is 1.92 bits per heavy atom. The van der Waals surface area contributed by atoms with Crippen molar-refractivity contribution in [3.63, 3.8) is 0 Å². The largest absolute Gasteiger partial charge is 0.378 e. The highest BCUT2D eigenvalue weighted by Gasteiger charge is 2.13. The molecule has 0 aliphatic carbocycles. The van der Waals surface area contributed by atoms with Crippen molar-refractivity contribution in [2.24, 2.45) is 0 Å². The Labute approximate surface area is 155 Å². The van der Waals surface area contributed by atoms with Gasteiger partial charge in [0.15, 0.2) is 0 Å². The number of hydrogen-bond acceptors (Lipinski definition) is 4. The molecule has 2 rings (SSSR count). The highest BCUT2D eigenvalue weighted by molar-refractivity contribution is 5.97. The maximum Gasteiger partial charge on any atom is 0.262 e. The number of ether oxygens (including phenoxy) is 1. The number of benzene rings is 1. The molecule has 1 aliphatic rings. The SMILES string of the molecule is CC(C)(C)c1ccc(CNC(=O)C(C#N)=CC=CN2CCOCC2)cc1. The van der Waals surface area contributed by atoms with Crippen LogP contribution in [-0.4, -0.2) is 37.1 Å². The molecule has 0 aromatic heterocycles. The number of amides is 1. The maximum absolute atomic E-state index is 12.2. The average Bonchev–Trinajstić information content (AvgIpc) is 2.64. The molecule has 0 unspecified atom stereocenters. The summed E-state index contributed by atoms with van der Waals surface area (Å²) in [5.74, 6) is -0.362. The number of nitrogens with one attached hydrogen (secondary N) is 1. The number of nitriles is 1. The Morgan fingerprint density at radius 1 is 1.27 bits per heavy atom. The molecule has 1 fully saturated rings. The van der Waals surface area contributed by atoms with Gasteiger partial charge in [0.25, 0.3) is 5.91 Å². The van der Waals surface area contributed by atoms with E-state index in [0.29, 0.717) is 19.8 Å². The third kappa shape index (κ3) is 6.05. The van der Waals surface area contributed by atoms with E-state index in [0.717, 1.165) is 18.7 Å². The smallest absolute Gasteiger partial charge is 0.262 e. The van der Waals surface area contributed by atoms with Crippen LogP contribution in [0.25, 0.3) is 0 Å². The zero-order chi connectivity index (χ0) is 19.0. The van der Waals surface area contributed by atoms with Crippen LogP contribution in [-0.2, 0) is 21.5 Å². The molecule has 1 aliphatic heterocycles. The molecule has 1 aromatic carbocycles. The number of allylic oxidation sites excluding steroid dienone is 2. The second kappa shape index (κ2) is 9.21. The zero-order valence-corrected chi connectivity index (χ0v) is 15.8. The Hall–Kier alpha value is -2.58. The summed E-state index contributed by atoms with van der Waals surface area (Å²) in [4.78, 5) is 14.3. The van der Waals surface area contributed by atoms with E-state index in [9.17, 15) is 10.1 Å². The van der Waals surface area contributed by atoms with Gasteiger partial charge in [-0.1, -0.05) is 45.0 Å².